The number of halogens is 1. The van der Waals surface area contributed by atoms with Crippen molar-refractivity contribution < 1.29 is 14.3 Å². The van der Waals surface area contributed by atoms with E-state index in [4.69, 9.17) is 0 Å². The molecule has 1 aromatic carbocycles. The van der Waals surface area contributed by atoms with E-state index in [1.807, 2.05) is 20.1 Å². The van der Waals surface area contributed by atoms with E-state index in [0.717, 1.165) is 6.07 Å². The Labute approximate surface area is 104 Å². The van der Waals surface area contributed by atoms with E-state index in [2.05, 4.69) is 5.32 Å². The lowest BCUT2D eigenvalue weighted by Gasteiger charge is -2.22. The summed E-state index contributed by atoms with van der Waals surface area (Å²) in [5.41, 5.74) is -0.301. The molecule has 5 heteroatoms. The average Bonchev–Trinajstić information content (AvgIpc) is 2.26. The van der Waals surface area contributed by atoms with Crippen LogP contribution in [0.4, 0.5) is 4.39 Å². The molecule has 2 N–H and O–H groups in total. The summed E-state index contributed by atoms with van der Waals surface area (Å²) in [5.74, 6) is -1.66. The molecule has 94 valence electrons. The molecule has 17 heavy (non-hydrogen) atoms. The number of thioether (sulfide) groups is 1. The molecule has 0 aromatic heterocycles. The molecule has 0 saturated carbocycles. The quantitative estimate of drug-likeness (QED) is 0.870. The number of phenolic OH excluding ortho intramolecular Hbond substituents is 1. The van der Waals surface area contributed by atoms with Gasteiger partial charge in [0, 0.05) is 11.3 Å². The van der Waals surface area contributed by atoms with Crippen molar-refractivity contribution in [3.63, 3.8) is 0 Å². The summed E-state index contributed by atoms with van der Waals surface area (Å²) in [5, 5.41) is 12.1. The van der Waals surface area contributed by atoms with Crippen molar-refractivity contribution in [3.8, 4) is 5.75 Å². The monoisotopic (exact) mass is 257 g/mol. The zero-order chi connectivity index (χ0) is 13.1. The highest BCUT2D eigenvalue weighted by atomic mass is 32.2. The molecule has 0 saturated heterocycles. The fourth-order valence-electron chi connectivity index (χ4n) is 1.19. The summed E-state index contributed by atoms with van der Waals surface area (Å²) in [6.45, 7) is 4.35. The molecule has 3 nitrogen and oxygen atoms in total. The molecular weight excluding hydrogens is 241 g/mol. The van der Waals surface area contributed by atoms with E-state index < -0.39 is 11.7 Å². The molecule has 0 atom stereocenters. The first-order chi connectivity index (χ1) is 7.87. The van der Waals surface area contributed by atoms with Crippen LogP contribution in [0.15, 0.2) is 18.2 Å². The second kappa shape index (κ2) is 5.40. The van der Waals surface area contributed by atoms with Gasteiger partial charge in [0.1, 0.15) is 17.1 Å². The Morgan fingerprint density at radius 1 is 1.53 bits per heavy atom. The fraction of sp³-hybridized carbons (Fsp3) is 0.417. The highest BCUT2D eigenvalue weighted by Crippen LogP contribution is 2.22. The van der Waals surface area contributed by atoms with Crippen molar-refractivity contribution in [2.75, 3.05) is 12.8 Å². The van der Waals surface area contributed by atoms with Crippen LogP contribution in [0, 0.1) is 5.82 Å². The van der Waals surface area contributed by atoms with Gasteiger partial charge in [-0.2, -0.15) is 11.8 Å². The van der Waals surface area contributed by atoms with Crippen molar-refractivity contribution in [1.29, 1.82) is 0 Å². The third-order valence-electron chi connectivity index (χ3n) is 2.45. The van der Waals surface area contributed by atoms with E-state index >= 15 is 0 Å². The largest absolute Gasteiger partial charge is 0.507 e. The number of aromatic hydroxyl groups is 1. The van der Waals surface area contributed by atoms with Crippen LogP contribution in [0.3, 0.4) is 0 Å². The van der Waals surface area contributed by atoms with Gasteiger partial charge in [0.15, 0.2) is 0 Å². The molecule has 0 aliphatic carbocycles. The van der Waals surface area contributed by atoms with Crippen molar-refractivity contribution >= 4 is 17.7 Å². The molecule has 0 radical (unpaired) electrons. The minimum Gasteiger partial charge on any atom is -0.507 e. The number of carbonyl (C=O) groups excluding carboxylic acids is 1. The summed E-state index contributed by atoms with van der Waals surface area (Å²) in [7, 11) is 0. The van der Waals surface area contributed by atoms with Crippen LogP contribution in [-0.4, -0.2) is 28.6 Å². The summed E-state index contributed by atoms with van der Waals surface area (Å²) >= 11 is 1.60. The Morgan fingerprint density at radius 2 is 2.18 bits per heavy atom. The minimum atomic E-state index is -0.718. The third kappa shape index (κ3) is 3.63. The number of carbonyl (C=O) groups is 1. The summed E-state index contributed by atoms with van der Waals surface area (Å²) in [6.07, 6.45) is 1.94. The van der Waals surface area contributed by atoms with E-state index in [9.17, 15) is 14.3 Å². The van der Waals surface area contributed by atoms with Gasteiger partial charge in [-0.05, 0) is 32.2 Å². The van der Waals surface area contributed by atoms with E-state index in [1.54, 1.807) is 11.8 Å². The van der Waals surface area contributed by atoms with E-state index in [0.29, 0.717) is 6.54 Å². The molecular formula is C12H16FNO2S. The fourth-order valence-corrected chi connectivity index (χ4v) is 1.41. The van der Waals surface area contributed by atoms with E-state index in [1.165, 1.54) is 12.1 Å². The van der Waals surface area contributed by atoms with E-state index in [-0.39, 0.29) is 16.1 Å². The van der Waals surface area contributed by atoms with Gasteiger partial charge in [0.25, 0.3) is 5.91 Å². The lowest BCUT2D eigenvalue weighted by atomic mass is 10.1. The second-order valence-corrected chi connectivity index (χ2v) is 5.79. The van der Waals surface area contributed by atoms with Gasteiger partial charge in [0.05, 0.1) is 0 Å². The lowest BCUT2D eigenvalue weighted by molar-refractivity contribution is 0.0944. The second-order valence-electron chi connectivity index (χ2n) is 4.28. The Kier molecular flexibility index (Phi) is 4.40. The maximum Gasteiger partial charge on any atom is 0.258 e. The van der Waals surface area contributed by atoms with Gasteiger partial charge < -0.3 is 10.4 Å². The van der Waals surface area contributed by atoms with Crippen LogP contribution in [0.2, 0.25) is 0 Å². The van der Waals surface area contributed by atoms with Crippen LogP contribution in [0.1, 0.15) is 24.2 Å². The molecule has 0 heterocycles. The smallest absolute Gasteiger partial charge is 0.258 e. The third-order valence-corrected chi connectivity index (χ3v) is 3.70. The highest BCUT2D eigenvalue weighted by molar-refractivity contribution is 7.99. The Hall–Kier alpha value is -1.23. The molecule has 0 aliphatic heterocycles. The first-order valence-electron chi connectivity index (χ1n) is 5.18. The average molecular weight is 257 g/mol. The maximum absolute atomic E-state index is 13.4. The molecule has 1 aromatic rings. The van der Waals surface area contributed by atoms with Crippen LogP contribution in [-0.2, 0) is 0 Å². The van der Waals surface area contributed by atoms with Gasteiger partial charge in [-0.25, -0.2) is 4.39 Å². The summed E-state index contributed by atoms with van der Waals surface area (Å²) in [4.78, 5) is 11.7. The van der Waals surface area contributed by atoms with Crippen LogP contribution in [0.25, 0.3) is 0 Å². The molecule has 0 unspecified atom stereocenters. The Bertz CT molecular complexity index is 401. The van der Waals surface area contributed by atoms with Gasteiger partial charge in [-0.3, -0.25) is 4.79 Å². The van der Waals surface area contributed by atoms with Crippen molar-refractivity contribution in [2.24, 2.45) is 0 Å². The lowest BCUT2D eigenvalue weighted by Crippen LogP contribution is -2.36. The van der Waals surface area contributed by atoms with Crippen LogP contribution in [0.5, 0.6) is 5.75 Å². The Morgan fingerprint density at radius 3 is 2.71 bits per heavy atom. The first-order valence-corrected chi connectivity index (χ1v) is 6.40. The maximum atomic E-state index is 13.4. The SMILES string of the molecule is CSC(C)(C)CNC(=O)c1c(O)cccc1F. The molecule has 0 bridgehead atoms. The van der Waals surface area contributed by atoms with Gasteiger partial charge in [0.2, 0.25) is 0 Å². The van der Waals surface area contributed by atoms with Crippen molar-refractivity contribution in [1.82, 2.24) is 5.32 Å². The van der Waals surface area contributed by atoms with Crippen molar-refractivity contribution in [3.05, 3.63) is 29.6 Å². The first kappa shape index (κ1) is 13.8. The van der Waals surface area contributed by atoms with Gasteiger partial charge >= 0.3 is 0 Å². The summed E-state index contributed by atoms with van der Waals surface area (Å²) in [6, 6.07) is 3.79. The van der Waals surface area contributed by atoms with Crippen LogP contribution >= 0.6 is 11.8 Å². The minimum absolute atomic E-state index is 0.128. The number of hydrogen-bond acceptors (Lipinski definition) is 3. The number of phenols is 1. The standard InChI is InChI=1S/C12H16FNO2S/c1-12(2,17-3)7-14-11(16)10-8(13)5-4-6-9(10)15/h4-6,15H,7H2,1-3H3,(H,14,16). The summed E-state index contributed by atoms with van der Waals surface area (Å²) < 4.78 is 13.2. The normalized spacial score (nSPS) is 11.3. The molecule has 1 amide bonds. The molecule has 1 rings (SSSR count). The van der Waals surface area contributed by atoms with Crippen molar-refractivity contribution in [2.45, 2.75) is 18.6 Å². The van der Waals surface area contributed by atoms with Crippen LogP contribution < -0.4 is 5.32 Å². The predicted molar refractivity (Wildman–Crippen MR) is 68.0 cm³/mol. The van der Waals surface area contributed by atoms with Gasteiger partial charge in [-0.15, -0.1) is 0 Å². The number of nitrogens with one attached hydrogen (secondary N) is 1. The molecule has 0 spiro atoms. The van der Waals surface area contributed by atoms with Gasteiger partial charge in [-0.1, -0.05) is 6.07 Å². The molecule has 0 fully saturated rings. The highest BCUT2D eigenvalue weighted by Gasteiger charge is 2.20. The number of amides is 1. The number of rotatable bonds is 4. The Balaban J connectivity index is 2.78. The zero-order valence-electron chi connectivity index (χ0n) is 10.1. The number of benzene rings is 1. The number of hydrogen-bond donors (Lipinski definition) is 2. The zero-order valence-corrected chi connectivity index (χ0v) is 10.9. The predicted octanol–water partition coefficient (Wildman–Crippen LogP) is 2.40. The topological polar surface area (TPSA) is 49.3 Å². The molecule has 0 aliphatic rings.